The van der Waals surface area contributed by atoms with Crippen LogP contribution in [0.1, 0.15) is 24.1 Å². The highest BCUT2D eigenvalue weighted by Crippen LogP contribution is 2.27. The minimum absolute atomic E-state index is 0.0163. The Hall–Kier alpha value is -3.14. The van der Waals surface area contributed by atoms with Gasteiger partial charge in [0.1, 0.15) is 5.82 Å². The molecule has 4 heteroatoms. The molecule has 0 unspecified atom stereocenters. The molecule has 0 spiro atoms. The molecule has 4 rings (SSSR count). The van der Waals surface area contributed by atoms with Gasteiger partial charge in [0, 0.05) is 28.8 Å². The number of hydrogen-bond donors (Lipinski definition) is 1. The van der Waals surface area contributed by atoms with Crippen LogP contribution in [0.4, 0.5) is 5.82 Å². The second-order valence-corrected chi connectivity index (χ2v) is 6.58. The predicted molar refractivity (Wildman–Crippen MR) is 107 cm³/mol. The molecule has 0 radical (unpaired) electrons. The van der Waals surface area contributed by atoms with Crippen molar-refractivity contribution in [3.05, 3.63) is 88.0 Å². The van der Waals surface area contributed by atoms with E-state index < -0.39 is 0 Å². The molecule has 2 heterocycles. The number of allylic oxidation sites excluding steroid dienone is 3. The van der Waals surface area contributed by atoms with Crippen LogP contribution in [0, 0.1) is 13.8 Å². The molecule has 0 fully saturated rings. The Labute approximate surface area is 152 Å². The molecule has 4 nitrogen and oxygen atoms in total. The quantitative estimate of drug-likeness (QED) is 0.753. The van der Waals surface area contributed by atoms with Crippen molar-refractivity contribution in [1.29, 1.82) is 0 Å². The van der Waals surface area contributed by atoms with Gasteiger partial charge in [0.05, 0.1) is 10.9 Å². The van der Waals surface area contributed by atoms with Crippen LogP contribution < -0.4 is 10.7 Å². The van der Waals surface area contributed by atoms with Crippen LogP contribution in [0.2, 0.25) is 0 Å². The summed E-state index contributed by atoms with van der Waals surface area (Å²) in [6, 6.07) is 12.1. The van der Waals surface area contributed by atoms with E-state index in [2.05, 4.69) is 45.2 Å². The van der Waals surface area contributed by atoms with Gasteiger partial charge in [-0.05, 0) is 51.0 Å². The van der Waals surface area contributed by atoms with Gasteiger partial charge in [-0.15, -0.1) is 0 Å². The molecule has 1 aliphatic rings. The Kier molecular flexibility index (Phi) is 4.17. The molecule has 3 aromatic rings. The van der Waals surface area contributed by atoms with Gasteiger partial charge in [-0.3, -0.25) is 14.3 Å². The third-order valence-corrected chi connectivity index (χ3v) is 4.70. The molecule has 0 bridgehead atoms. The lowest BCUT2D eigenvalue weighted by atomic mass is 10.1. The maximum absolute atomic E-state index is 13.0. The van der Waals surface area contributed by atoms with Gasteiger partial charge < -0.3 is 5.32 Å². The number of nitrogens with zero attached hydrogens (tertiary/aromatic N) is 2. The van der Waals surface area contributed by atoms with Gasteiger partial charge in [0.25, 0.3) is 0 Å². The number of pyridine rings is 2. The van der Waals surface area contributed by atoms with Gasteiger partial charge in [0.15, 0.2) is 5.43 Å². The zero-order valence-electron chi connectivity index (χ0n) is 15.0. The van der Waals surface area contributed by atoms with Crippen LogP contribution in [0.15, 0.2) is 71.3 Å². The second-order valence-electron chi connectivity index (χ2n) is 6.58. The van der Waals surface area contributed by atoms with Crippen molar-refractivity contribution in [2.75, 3.05) is 5.32 Å². The fourth-order valence-corrected chi connectivity index (χ4v) is 3.34. The molecule has 1 aromatic carbocycles. The minimum Gasteiger partial charge on any atom is -0.341 e. The van der Waals surface area contributed by atoms with Crippen molar-refractivity contribution in [3.8, 4) is 5.69 Å². The molecule has 0 aliphatic heterocycles. The van der Waals surface area contributed by atoms with Gasteiger partial charge in [0.2, 0.25) is 0 Å². The standard InChI is InChI=1S/C22H21N3O/c1-15-13-20-19(14-23-15)21(26)16(2)22(24-17-9-5-3-6-10-17)25(20)18-11-7-4-8-12-18/h4-5,7-14,24H,3,6H2,1-2H3. The smallest absolute Gasteiger partial charge is 0.196 e. The number of nitrogens with one attached hydrogen (secondary N) is 1. The van der Waals surface area contributed by atoms with Crippen LogP contribution >= 0.6 is 0 Å². The fraction of sp³-hybridized carbons (Fsp3) is 0.182. The van der Waals surface area contributed by atoms with E-state index in [1.807, 2.05) is 38.1 Å². The van der Waals surface area contributed by atoms with E-state index in [0.717, 1.165) is 41.3 Å². The molecule has 2 aromatic heterocycles. The highest BCUT2D eigenvalue weighted by atomic mass is 16.1. The van der Waals surface area contributed by atoms with Crippen molar-refractivity contribution in [3.63, 3.8) is 0 Å². The van der Waals surface area contributed by atoms with E-state index in [0.29, 0.717) is 10.9 Å². The summed E-state index contributed by atoms with van der Waals surface area (Å²) in [6.45, 7) is 3.81. The summed E-state index contributed by atoms with van der Waals surface area (Å²) in [7, 11) is 0. The Balaban J connectivity index is 2.05. The summed E-state index contributed by atoms with van der Waals surface area (Å²) < 4.78 is 2.12. The number of rotatable bonds is 3. The van der Waals surface area contributed by atoms with Crippen molar-refractivity contribution in [2.45, 2.75) is 26.7 Å². The maximum atomic E-state index is 13.0. The zero-order chi connectivity index (χ0) is 18.1. The van der Waals surface area contributed by atoms with Crippen LogP contribution in [-0.2, 0) is 0 Å². The lowest BCUT2D eigenvalue weighted by Crippen LogP contribution is -2.18. The molecule has 130 valence electrons. The lowest BCUT2D eigenvalue weighted by molar-refractivity contribution is 1.01. The SMILES string of the molecule is Cc1cc2c(cn1)c(=O)c(C)c(NC1=CCCC=C1)n2-c1ccccc1. The maximum Gasteiger partial charge on any atom is 0.196 e. The van der Waals surface area contributed by atoms with Crippen molar-refractivity contribution >= 4 is 16.7 Å². The molecule has 26 heavy (non-hydrogen) atoms. The Morgan fingerprint density at radius 3 is 2.65 bits per heavy atom. The van der Waals surface area contributed by atoms with Crippen molar-refractivity contribution in [2.24, 2.45) is 0 Å². The zero-order valence-corrected chi connectivity index (χ0v) is 15.0. The summed E-state index contributed by atoms with van der Waals surface area (Å²) >= 11 is 0. The fourth-order valence-electron chi connectivity index (χ4n) is 3.34. The molecule has 0 atom stereocenters. The monoisotopic (exact) mass is 343 g/mol. The van der Waals surface area contributed by atoms with Crippen LogP contribution in [0.5, 0.6) is 0 Å². The third kappa shape index (κ3) is 2.84. The van der Waals surface area contributed by atoms with E-state index in [4.69, 9.17) is 0 Å². The third-order valence-electron chi connectivity index (χ3n) is 4.70. The predicted octanol–water partition coefficient (Wildman–Crippen LogP) is 4.65. The van der Waals surface area contributed by atoms with E-state index in [-0.39, 0.29) is 5.43 Å². The van der Waals surface area contributed by atoms with E-state index in [1.54, 1.807) is 6.20 Å². The summed E-state index contributed by atoms with van der Waals surface area (Å²) in [5, 5.41) is 4.12. The van der Waals surface area contributed by atoms with Crippen molar-refractivity contribution in [1.82, 2.24) is 9.55 Å². The summed E-state index contributed by atoms with van der Waals surface area (Å²) in [4.78, 5) is 17.3. The van der Waals surface area contributed by atoms with Gasteiger partial charge >= 0.3 is 0 Å². The Morgan fingerprint density at radius 2 is 1.92 bits per heavy atom. The Morgan fingerprint density at radius 1 is 1.12 bits per heavy atom. The van der Waals surface area contributed by atoms with Crippen LogP contribution in [0.25, 0.3) is 16.6 Å². The number of aryl methyl sites for hydroxylation is 1. The van der Waals surface area contributed by atoms with Gasteiger partial charge in [-0.1, -0.05) is 30.4 Å². The normalized spacial score (nSPS) is 13.7. The highest BCUT2D eigenvalue weighted by Gasteiger charge is 2.16. The van der Waals surface area contributed by atoms with E-state index in [1.165, 1.54) is 0 Å². The first-order valence-corrected chi connectivity index (χ1v) is 8.86. The van der Waals surface area contributed by atoms with E-state index >= 15 is 0 Å². The van der Waals surface area contributed by atoms with Gasteiger partial charge in [-0.25, -0.2) is 0 Å². The minimum atomic E-state index is 0.0163. The first-order valence-electron chi connectivity index (χ1n) is 8.86. The number of fused-ring (bicyclic) bond motifs is 1. The lowest BCUT2D eigenvalue weighted by Gasteiger charge is -2.21. The summed E-state index contributed by atoms with van der Waals surface area (Å²) in [5.41, 5.74) is 4.48. The molecule has 0 saturated carbocycles. The molecule has 1 aliphatic carbocycles. The number of anilines is 1. The first-order chi connectivity index (χ1) is 12.6. The molecular formula is C22H21N3O. The van der Waals surface area contributed by atoms with Crippen LogP contribution in [0.3, 0.4) is 0 Å². The first kappa shape index (κ1) is 16.3. The van der Waals surface area contributed by atoms with Gasteiger partial charge in [-0.2, -0.15) is 0 Å². The second kappa shape index (κ2) is 6.64. The number of benzene rings is 1. The van der Waals surface area contributed by atoms with E-state index in [9.17, 15) is 4.79 Å². The summed E-state index contributed by atoms with van der Waals surface area (Å²) in [6.07, 6.45) is 10.1. The highest BCUT2D eigenvalue weighted by molar-refractivity contribution is 5.84. The van der Waals surface area contributed by atoms with Crippen LogP contribution in [-0.4, -0.2) is 9.55 Å². The number of para-hydroxylation sites is 1. The molecule has 0 amide bonds. The number of hydrogen-bond acceptors (Lipinski definition) is 3. The molecule has 0 saturated heterocycles. The largest absolute Gasteiger partial charge is 0.341 e. The van der Waals surface area contributed by atoms with Crippen molar-refractivity contribution < 1.29 is 0 Å². The Bertz CT molecular complexity index is 1090. The average Bonchev–Trinajstić information content (AvgIpc) is 2.67. The average molecular weight is 343 g/mol. The number of aromatic nitrogens is 2. The summed E-state index contributed by atoms with van der Waals surface area (Å²) in [5.74, 6) is 0.803. The molecule has 1 N–H and O–H groups in total. The topological polar surface area (TPSA) is 46.9 Å². The molecular weight excluding hydrogens is 322 g/mol.